The number of hydrogen-bond donors (Lipinski definition) is 1. The third-order valence-electron chi connectivity index (χ3n) is 4.14. The Bertz CT molecular complexity index is 970. The minimum absolute atomic E-state index is 0.165. The molecule has 3 aromatic carbocycles. The van der Waals surface area contributed by atoms with Gasteiger partial charge in [-0.25, -0.2) is 13.1 Å². The summed E-state index contributed by atoms with van der Waals surface area (Å²) in [5.74, 6) is -0.165. The molecule has 0 saturated heterocycles. The molecule has 0 aliphatic heterocycles. The number of aryl methyl sites for hydroxylation is 1. The lowest BCUT2D eigenvalue weighted by molar-refractivity contribution is 0.571. The van der Waals surface area contributed by atoms with Crippen LogP contribution in [-0.2, 0) is 15.8 Å². The Kier molecular flexibility index (Phi) is 5.77. The number of halogens is 1. The van der Waals surface area contributed by atoms with Gasteiger partial charge in [0.1, 0.15) is 0 Å². The van der Waals surface area contributed by atoms with Gasteiger partial charge in [0.05, 0.1) is 11.8 Å². The van der Waals surface area contributed by atoms with Gasteiger partial charge in [0.2, 0.25) is 10.0 Å². The zero-order chi connectivity index (χ0) is 18.6. The third-order valence-corrected chi connectivity index (χ3v) is 5.80. The topological polar surface area (TPSA) is 46.2 Å². The number of sulfonamides is 1. The van der Waals surface area contributed by atoms with Gasteiger partial charge in [-0.3, -0.25) is 0 Å². The second kappa shape index (κ2) is 8.04. The minimum Gasteiger partial charge on any atom is -0.212 e. The Morgan fingerprint density at radius 3 is 2.08 bits per heavy atom. The van der Waals surface area contributed by atoms with Crippen molar-refractivity contribution in [2.75, 3.05) is 0 Å². The summed E-state index contributed by atoms with van der Waals surface area (Å²) >= 11 is 6.13. The maximum atomic E-state index is 12.8. The summed E-state index contributed by atoms with van der Waals surface area (Å²) in [7, 11) is -3.60. The van der Waals surface area contributed by atoms with Crippen LogP contribution in [-0.4, -0.2) is 8.42 Å². The zero-order valence-electron chi connectivity index (χ0n) is 14.4. The second-order valence-electron chi connectivity index (χ2n) is 6.22. The van der Waals surface area contributed by atoms with Gasteiger partial charge in [-0.15, -0.1) is 0 Å². The molecule has 0 radical (unpaired) electrons. The van der Waals surface area contributed by atoms with Gasteiger partial charge in [-0.2, -0.15) is 0 Å². The molecule has 0 amide bonds. The average Bonchev–Trinajstić information content (AvgIpc) is 2.63. The fraction of sp³-hybridized carbons (Fsp3) is 0.143. The van der Waals surface area contributed by atoms with Crippen LogP contribution in [0.2, 0.25) is 5.02 Å². The van der Waals surface area contributed by atoms with E-state index in [0.717, 1.165) is 16.7 Å². The summed E-state index contributed by atoms with van der Waals surface area (Å²) in [6.45, 7) is 2.00. The number of rotatable bonds is 6. The molecule has 0 aliphatic rings. The van der Waals surface area contributed by atoms with Crippen LogP contribution in [0.1, 0.15) is 28.3 Å². The lowest BCUT2D eigenvalue weighted by Crippen LogP contribution is -2.30. The number of nitrogens with one attached hydrogen (secondary N) is 1. The Hall–Kier alpha value is -2.14. The fourth-order valence-corrected chi connectivity index (χ4v) is 4.43. The zero-order valence-corrected chi connectivity index (χ0v) is 16.0. The summed E-state index contributed by atoms with van der Waals surface area (Å²) in [6.07, 6.45) is 0. The molecule has 134 valence electrons. The van der Waals surface area contributed by atoms with E-state index in [-0.39, 0.29) is 5.75 Å². The molecule has 0 fully saturated rings. The average molecular weight is 386 g/mol. The summed E-state index contributed by atoms with van der Waals surface area (Å²) in [6, 6.07) is 23.9. The van der Waals surface area contributed by atoms with Crippen molar-refractivity contribution in [2.45, 2.75) is 18.7 Å². The highest BCUT2D eigenvalue weighted by Gasteiger charge is 2.22. The van der Waals surface area contributed by atoms with Crippen LogP contribution >= 0.6 is 11.6 Å². The normalized spacial score (nSPS) is 12.7. The van der Waals surface area contributed by atoms with Gasteiger partial charge in [0.25, 0.3) is 0 Å². The van der Waals surface area contributed by atoms with Gasteiger partial charge >= 0.3 is 0 Å². The molecule has 26 heavy (non-hydrogen) atoms. The first-order valence-electron chi connectivity index (χ1n) is 8.29. The predicted octanol–water partition coefficient (Wildman–Crippen LogP) is 4.86. The number of hydrogen-bond acceptors (Lipinski definition) is 2. The van der Waals surface area contributed by atoms with Crippen molar-refractivity contribution >= 4 is 21.6 Å². The molecule has 1 atom stereocenters. The van der Waals surface area contributed by atoms with E-state index in [1.807, 2.05) is 61.5 Å². The maximum absolute atomic E-state index is 12.8. The third kappa shape index (κ3) is 4.73. The second-order valence-corrected chi connectivity index (χ2v) is 8.38. The number of benzene rings is 3. The Balaban J connectivity index is 1.92. The fourth-order valence-electron chi connectivity index (χ4n) is 2.77. The van der Waals surface area contributed by atoms with E-state index in [9.17, 15) is 8.42 Å². The summed E-state index contributed by atoms with van der Waals surface area (Å²) < 4.78 is 28.4. The summed E-state index contributed by atoms with van der Waals surface area (Å²) in [4.78, 5) is 0. The van der Waals surface area contributed by atoms with E-state index in [1.54, 1.807) is 24.3 Å². The van der Waals surface area contributed by atoms with Crippen LogP contribution < -0.4 is 4.72 Å². The van der Waals surface area contributed by atoms with Crippen molar-refractivity contribution < 1.29 is 8.42 Å². The van der Waals surface area contributed by atoms with Crippen molar-refractivity contribution in [3.63, 3.8) is 0 Å². The molecule has 0 heterocycles. The molecule has 5 heteroatoms. The highest BCUT2D eigenvalue weighted by atomic mass is 35.5. The largest absolute Gasteiger partial charge is 0.216 e. The quantitative estimate of drug-likeness (QED) is 0.658. The van der Waals surface area contributed by atoms with E-state index in [1.165, 1.54) is 0 Å². The predicted molar refractivity (Wildman–Crippen MR) is 107 cm³/mol. The highest BCUT2D eigenvalue weighted by Crippen LogP contribution is 2.25. The molecule has 1 N–H and O–H groups in total. The molecular formula is C21H20ClNO2S. The minimum atomic E-state index is -3.60. The highest BCUT2D eigenvalue weighted by molar-refractivity contribution is 7.88. The monoisotopic (exact) mass is 385 g/mol. The molecule has 0 spiro atoms. The van der Waals surface area contributed by atoms with Crippen molar-refractivity contribution in [1.29, 1.82) is 0 Å². The van der Waals surface area contributed by atoms with Gasteiger partial charge < -0.3 is 0 Å². The van der Waals surface area contributed by atoms with Crippen LogP contribution in [0.3, 0.4) is 0 Å². The van der Waals surface area contributed by atoms with Crippen LogP contribution in [0.5, 0.6) is 0 Å². The molecule has 3 aromatic rings. The van der Waals surface area contributed by atoms with E-state index in [0.29, 0.717) is 10.6 Å². The molecule has 3 nitrogen and oxygen atoms in total. The standard InChI is InChI=1S/C21H20ClNO2S/c1-16-11-13-18(14-12-16)21(17-7-3-2-4-8-17)23-26(24,25)15-19-9-5-6-10-20(19)22/h2-14,21,23H,15H2,1H3/t21-/m1/s1. The van der Waals surface area contributed by atoms with Crippen molar-refractivity contribution in [2.24, 2.45) is 0 Å². The molecule has 0 saturated carbocycles. The maximum Gasteiger partial charge on any atom is 0.216 e. The van der Waals surface area contributed by atoms with Gasteiger partial charge in [-0.05, 0) is 29.7 Å². The van der Waals surface area contributed by atoms with Crippen molar-refractivity contribution in [3.05, 3.63) is 106 Å². The van der Waals surface area contributed by atoms with Crippen LogP contribution in [0.4, 0.5) is 0 Å². The van der Waals surface area contributed by atoms with Crippen LogP contribution in [0, 0.1) is 6.92 Å². The van der Waals surface area contributed by atoms with E-state index < -0.39 is 16.1 Å². The first-order chi connectivity index (χ1) is 12.4. The van der Waals surface area contributed by atoms with E-state index in [2.05, 4.69) is 4.72 Å². The smallest absolute Gasteiger partial charge is 0.212 e. The Labute approximate surface area is 159 Å². The van der Waals surface area contributed by atoms with Gasteiger partial charge in [-0.1, -0.05) is 90.0 Å². The van der Waals surface area contributed by atoms with Crippen molar-refractivity contribution in [3.8, 4) is 0 Å². The first-order valence-corrected chi connectivity index (χ1v) is 10.3. The van der Waals surface area contributed by atoms with E-state index in [4.69, 9.17) is 11.6 Å². The van der Waals surface area contributed by atoms with Crippen molar-refractivity contribution in [1.82, 2.24) is 4.72 Å². The van der Waals surface area contributed by atoms with Gasteiger partial charge in [0, 0.05) is 5.02 Å². The Morgan fingerprint density at radius 1 is 0.846 bits per heavy atom. The van der Waals surface area contributed by atoms with Gasteiger partial charge in [0.15, 0.2) is 0 Å². The molecule has 0 aromatic heterocycles. The summed E-state index contributed by atoms with van der Waals surface area (Å²) in [5.41, 5.74) is 3.49. The molecule has 3 rings (SSSR count). The van der Waals surface area contributed by atoms with Crippen LogP contribution in [0.25, 0.3) is 0 Å². The molecule has 0 unspecified atom stereocenters. The molecular weight excluding hydrogens is 366 g/mol. The summed E-state index contributed by atoms with van der Waals surface area (Å²) in [5, 5.41) is 0.449. The molecule has 0 aliphatic carbocycles. The molecule has 0 bridgehead atoms. The van der Waals surface area contributed by atoms with Crippen LogP contribution in [0.15, 0.2) is 78.9 Å². The SMILES string of the molecule is Cc1ccc([C@H](NS(=O)(=O)Cc2ccccc2Cl)c2ccccc2)cc1. The lowest BCUT2D eigenvalue weighted by atomic mass is 9.99. The lowest BCUT2D eigenvalue weighted by Gasteiger charge is -2.20. The first kappa shape index (κ1) is 18.6. The van der Waals surface area contributed by atoms with E-state index >= 15 is 0 Å². The Morgan fingerprint density at radius 2 is 1.42 bits per heavy atom.